The predicted octanol–water partition coefficient (Wildman–Crippen LogP) is 2.76. The van der Waals surface area contributed by atoms with Crippen LogP contribution in [0.2, 0.25) is 0 Å². The summed E-state index contributed by atoms with van der Waals surface area (Å²) in [6.45, 7) is 1.97. The van der Waals surface area contributed by atoms with E-state index in [-0.39, 0.29) is 24.4 Å². The molecule has 0 radical (unpaired) electrons. The van der Waals surface area contributed by atoms with E-state index >= 15 is 0 Å². The van der Waals surface area contributed by atoms with Gasteiger partial charge in [0.15, 0.2) is 0 Å². The Hall–Kier alpha value is -1.78. The van der Waals surface area contributed by atoms with Gasteiger partial charge >= 0.3 is 0 Å². The van der Waals surface area contributed by atoms with Gasteiger partial charge in [0.05, 0.1) is 18.9 Å². The van der Waals surface area contributed by atoms with Gasteiger partial charge < -0.3 is 14.6 Å². The van der Waals surface area contributed by atoms with Crippen LogP contribution in [0.4, 0.5) is 0 Å². The van der Waals surface area contributed by atoms with Crippen molar-refractivity contribution < 1.29 is 14.6 Å². The zero-order chi connectivity index (χ0) is 13.7. The van der Waals surface area contributed by atoms with Crippen molar-refractivity contribution in [3.05, 3.63) is 54.0 Å². The minimum absolute atomic E-state index is 0.0385. The van der Waals surface area contributed by atoms with Crippen molar-refractivity contribution in [3.63, 3.8) is 0 Å². The highest BCUT2D eigenvalue weighted by atomic mass is 16.3. The summed E-state index contributed by atoms with van der Waals surface area (Å²) in [5.41, 5.74) is 0.829. The molecule has 102 valence electrons. The fourth-order valence-electron chi connectivity index (χ4n) is 2.17. The van der Waals surface area contributed by atoms with Crippen LogP contribution in [-0.2, 0) is 0 Å². The molecule has 1 aromatic heterocycles. The van der Waals surface area contributed by atoms with E-state index in [4.69, 9.17) is 4.42 Å². The first kappa shape index (κ1) is 13.6. The fraction of sp³-hybridized carbons (Fsp3) is 0.333. The Morgan fingerprint density at radius 3 is 2.53 bits per heavy atom. The fourth-order valence-corrected chi connectivity index (χ4v) is 2.17. The van der Waals surface area contributed by atoms with E-state index < -0.39 is 0 Å². The quantitative estimate of drug-likeness (QED) is 0.748. The number of furan rings is 1. The van der Waals surface area contributed by atoms with Gasteiger partial charge in [-0.1, -0.05) is 25.1 Å². The SMILES string of the molecule is CC[C@@H](N[C@H](CO)c1ccco1)c1ccccc1O. The second-order valence-electron chi connectivity index (χ2n) is 4.44. The lowest BCUT2D eigenvalue weighted by Crippen LogP contribution is -2.28. The molecule has 0 spiro atoms. The number of aromatic hydroxyl groups is 1. The van der Waals surface area contributed by atoms with E-state index in [1.807, 2.05) is 25.1 Å². The van der Waals surface area contributed by atoms with Crippen LogP contribution in [0.1, 0.15) is 36.8 Å². The first-order valence-electron chi connectivity index (χ1n) is 6.44. The monoisotopic (exact) mass is 261 g/mol. The number of hydrogen-bond donors (Lipinski definition) is 3. The second kappa shape index (κ2) is 6.41. The number of hydrogen-bond acceptors (Lipinski definition) is 4. The summed E-state index contributed by atoms with van der Waals surface area (Å²) in [5, 5.41) is 22.7. The largest absolute Gasteiger partial charge is 0.508 e. The smallest absolute Gasteiger partial charge is 0.123 e. The first-order chi connectivity index (χ1) is 9.26. The number of aliphatic hydroxyl groups excluding tert-OH is 1. The molecule has 4 nitrogen and oxygen atoms in total. The molecule has 1 aromatic carbocycles. The summed E-state index contributed by atoms with van der Waals surface area (Å²) in [7, 11) is 0. The van der Waals surface area contributed by atoms with Crippen molar-refractivity contribution in [2.75, 3.05) is 6.61 Å². The van der Waals surface area contributed by atoms with Crippen molar-refractivity contribution in [2.45, 2.75) is 25.4 Å². The van der Waals surface area contributed by atoms with Gasteiger partial charge in [0.2, 0.25) is 0 Å². The Morgan fingerprint density at radius 2 is 1.95 bits per heavy atom. The molecular weight excluding hydrogens is 242 g/mol. The summed E-state index contributed by atoms with van der Waals surface area (Å²) < 4.78 is 5.31. The summed E-state index contributed by atoms with van der Waals surface area (Å²) >= 11 is 0. The number of para-hydroxylation sites is 1. The summed E-state index contributed by atoms with van der Waals surface area (Å²) in [6.07, 6.45) is 2.38. The number of rotatable bonds is 6. The summed E-state index contributed by atoms with van der Waals surface area (Å²) in [4.78, 5) is 0. The Kier molecular flexibility index (Phi) is 4.60. The van der Waals surface area contributed by atoms with Gasteiger partial charge in [-0.15, -0.1) is 0 Å². The molecule has 2 aromatic rings. The molecule has 0 aliphatic rings. The molecule has 0 bridgehead atoms. The van der Waals surface area contributed by atoms with Gasteiger partial charge in [-0.2, -0.15) is 0 Å². The van der Waals surface area contributed by atoms with Crippen molar-refractivity contribution in [2.24, 2.45) is 0 Å². The van der Waals surface area contributed by atoms with Crippen LogP contribution in [0, 0.1) is 0 Å². The van der Waals surface area contributed by atoms with E-state index in [0.29, 0.717) is 5.76 Å². The van der Waals surface area contributed by atoms with Gasteiger partial charge in [0.1, 0.15) is 11.5 Å². The van der Waals surface area contributed by atoms with Crippen molar-refractivity contribution >= 4 is 0 Å². The van der Waals surface area contributed by atoms with Crippen LogP contribution >= 0.6 is 0 Å². The molecule has 0 fully saturated rings. The van der Waals surface area contributed by atoms with Crippen LogP contribution in [0.5, 0.6) is 5.75 Å². The van der Waals surface area contributed by atoms with Crippen LogP contribution in [0.15, 0.2) is 47.1 Å². The Balaban J connectivity index is 2.17. The lowest BCUT2D eigenvalue weighted by Gasteiger charge is -2.23. The Bertz CT molecular complexity index is 496. The highest BCUT2D eigenvalue weighted by Crippen LogP contribution is 2.28. The average molecular weight is 261 g/mol. The predicted molar refractivity (Wildman–Crippen MR) is 72.8 cm³/mol. The minimum atomic E-state index is -0.278. The van der Waals surface area contributed by atoms with Gasteiger partial charge in [-0.25, -0.2) is 0 Å². The molecule has 0 aliphatic heterocycles. The average Bonchev–Trinajstić information content (AvgIpc) is 2.95. The molecule has 2 atom stereocenters. The normalized spacial score (nSPS) is 14.2. The summed E-state index contributed by atoms with van der Waals surface area (Å²) in [6, 6.07) is 10.5. The molecule has 19 heavy (non-hydrogen) atoms. The maximum absolute atomic E-state index is 9.90. The van der Waals surface area contributed by atoms with Crippen molar-refractivity contribution in [1.29, 1.82) is 0 Å². The zero-order valence-corrected chi connectivity index (χ0v) is 10.9. The van der Waals surface area contributed by atoms with Crippen LogP contribution in [0.3, 0.4) is 0 Å². The van der Waals surface area contributed by atoms with E-state index in [1.54, 1.807) is 24.5 Å². The lowest BCUT2D eigenvalue weighted by atomic mass is 10.0. The van der Waals surface area contributed by atoms with Gasteiger partial charge in [-0.05, 0) is 24.6 Å². The molecule has 3 N–H and O–H groups in total. The number of phenols is 1. The molecule has 0 saturated carbocycles. The second-order valence-corrected chi connectivity index (χ2v) is 4.44. The Morgan fingerprint density at radius 1 is 1.16 bits per heavy atom. The van der Waals surface area contributed by atoms with Gasteiger partial charge in [0.25, 0.3) is 0 Å². The number of nitrogens with one attached hydrogen (secondary N) is 1. The lowest BCUT2D eigenvalue weighted by molar-refractivity contribution is 0.213. The zero-order valence-electron chi connectivity index (χ0n) is 10.9. The van der Waals surface area contributed by atoms with E-state index in [2.05, 4.69) is 5.32 Å². The van der Waals surface area contributed by atoms with E-state index in [1.165, 1.54) is 0 Å². The van der Waals surface area contributed by atoms with Gasteiger partial charge in [-0.3, -0.25) is 5.32 Å². The van der Waals surface area contributed by atoms with Crippen LogP contribution < -0.4 is 5.32 Å². The molecule has 0 aliphatic carbocycles. The van der Waals surface area contributed by atoms with Crippen LogP contribution in [-0.4, -0.2) is 16.8 Å². The van der Waals surface area contributed by atoms with Crippen molar-refractivity contribution in [1.82, 2.24) is 5.32 Å². The molecule has 4 heteroatoms. The van der Waals surface area contributed by atoms with Gasteiger partial charge in [0, 0.05) is 11.6 Å². The van der Waals surface area contributed by atoms with E-state index in [9.17, 15) is 10.2 Å². The number of aliphatic hydroxyl groups is 1. The minimum Gasteiger partial charge on any atom is -0.508 e. The molecule has 0 unspecified atom stereocenters. The molecule has 2 rings (SSSR count). The third kappa shape index (κ3) is 3.16. The topological polar surface area (TPSA) is 65.6 Å². The standard InChI is InChI=1S/C15H19NO3/c1-2-12(11-6-3-4-7-14(11)18)16-13(10-17)15-8-5-9-19-15/h3-9,12-13,16-18H,2,10H2,1H3/t12-,13-/m1/s1. The Labute approximate surface area is 112 Å². The number of benzene rings is 1. The maximum Gasteiger partial charge on any atom is 0.123 e. The van der Waals surface area contributed by atoms with E-state index in [0.717, 1.165) is 12.0 Å². The highest BCUT2D eigenvalue weighted by molar-refractivity contribution is 5.34. The third-order valence-electron chi connectivity index (χ3n) is 3.19. The van der Waals surface area contributed by atoms with Crippen molar-refractivity contribution in [3.8, 4) is 5.75 Å². The molecular formula is C15H19NO3. The summed E-state index contributed by atoms with van der Waals surface area (Å²) in [5.74, 6) is 0.953. The third-order valence-corrected chi connectivity index (χ3v) is 3.19. The van der Waals surface area contributed by atoms with Crippen LogP contribution in [0.25, 0.3) is 0 Å². The molecule has 0 amide bonds. The number of phenolic OH excluding ortho intramolecular Hbond substituents is 1. The molecule has 1 heterocycles. The maximum atomic E-state index is 9.90. The first-order valence-corrected chi connectivity index (χ1v) is 6.44. The highest BCUT2D eigenvalue weighted by Gasteiger charge is 2.20. The molecule has 0 saturated heterocycles.